The number of aryl methyl sites for hydroxylation is 1. The van der Waals surface area contributed by atoms with Crippen LogP contribution in [0.4, 0.5) is 5.69 Å². The quantitative estimate of drug-likeness (QED) is 0.621. The Bertz CT molecular complexity index is 1040. The highest BCUT2D eigenvalue weighted by molar-refractivity contribution is 7.92. The first-order valence-electron chi connectivity index (χ1n) is 9.44. The second kappa shape index (κ2) is 10.3. The second-order valence-corrected chi connectivity index (χ2v) is 9.84. The normalized spacial score (nSPS) is 12.2. The predicted octanol–water partition coefficient (Wildman–Crippen LogP) is 3.23. The molecule has 1 N–H and O–H groups in total. The van der Waals surface area contributed by atoms with E-state index < -0.39 is 34.4 Å². The van der Waals surface area contributed by atoms with Gasteiger partial charge in [-0.3, -0.25) is 13.9 Å². The summed E-state index contributed by atoms with van der Waals surface area (Å²) in [4.78, 5) is 26.9. The van der Waals surface area contributed by atoms with E-state index >= 15 is 0 Å². The molecule has 31 heavy (non-hydrogen) atoms. The van der Waals surface area contributed by atoms with Gasteiger partial charge in [-0.15, -0.1) is 0 Å². The molecule has 2 aromatic carbocycles. The zero-order valence-corrected chi connectivity index (χ0v) is 20.1. The molecule has 0 aliphatic carbocycles. The maximum absolute atomic E-state index is 13.3. The maximum Gasteiger partial charge on any atom is 0.244 e. The van der Waals surface area contributed by atoms with Crippen LogP contribution < -0.4 is 9.62 Å². The Hall–Kier alpha value is -2.29. The van der Waals surface area contributed by atoms with Crippen molar-refractivity contribution in [1.82, 2.24) is 10.2 Å². The SMILES string of the molecule is CNC(=O)C(C)N(Cc1c(Cl)cccc1Cl)C(=O)CN(c1ccc(C)cc1)S(C)(=O)=O. The predicted molar refractivity (Wildman–Crippen MR) is 124 cm³/mol. The lowest BCUT2D eigenvalue weighted by Gasteiger charge is -2.31. The van der Waals surface area contributed by atoms with Crippen molar-refractivity contribution in [3.8, 4) is 0 Å². The molecule has 0 aliphatic rings. The fourth-order valence-electron chi connectivity index (χ4n) is 2.97. The molecule has 0 bridgehead atoms. The smallest absolute Gasteiger partial charge is 0.244 e. The van der Waals surface area contributed by atoms with Crippen LogP contribution in [0.15, 0.2) is 42.5 Å². The number of rotatable bonds is 8. The highest BCUT2D eigenvalue weighted by Crippen LogP contribution is 2.27. The van der Waals surface area contributed by atoms with E-state index in [4.69, 9.17) is 23.2 Å². The van der Waals surface area contributed by atoms with Gasteiger partial charge in [0, 0.05) is 29.2 Å². The number of likely N-dealkylation sites (N-methyl/N-ethyl adjacent to an activating group) is 1. The lowest BCUT2D eigenvalue weighted by Crippen LogP contribution is -2.50. The van der Waals surface area contributed by atoms with E-state index in [1.807, 2.05) is 6.92 Å². The van der Waals surface area contributed by atoms with Crippen LogP contribution in [0.3, 0.4) is 0 Å². The van der Waals surface area contributed by atoms with Gasteiger partial charge in [-0.2, -0.15) is 0 Å². The number of nitrogens with zero attached hydrogens (tertiary/aromatic N) is 2. The number of anilines is 1. The van der Waals surface area contributed by atoms with Crippen molar-refractivity contribution in [3.05, 3.63) is 63.6 Å². The number of halogens is 2. The molecular weight excluding hydrogens is 461 g/mol. The van der Waals surface area contributed by atoms with E-state index in [1.165, 1.54) is 11.9 Å². The van der Waals surface area contributed by atoms with E-state index in [-0.39, 0.29) is 6.54 Å². The van der Waals surface area contributed by atoms with Crippen molar-refractivity contribution in [2.75, 3.05) is 24.2 Å². The molecule has 1 atom stereocenters. The molecule has 10 heteroatoms. The monoisotopic (exact) mass is 485 g/mol. The van der Waals surface area contributed by atoms with Gasteiger partial charge in [-0.05, 0) is 38.1 Å². The summed E-state index contributed by atoms with van der Waals surface area (Å²) in [6.45, 7) is 2.89. The molecule has 168 valence electrons. The number of hydrogen-bond donors (Lipinski definition) is 1. The Morgan fingerprint density at radius 2 is 1.61 bits per heavy atom. The van der Waals surface area contributed by atoms with Crippen molar-refractivity contribution in [2.45, 2.75) is 26.4 Å². The Labute approximate surface area is 193 Å². The van der Waals surface area contributed by atoms with Crippen molar-refractivity contribution in [2.24, 2.45) is 0 Å². The van der Waals surface area contributed by atoms with Gasteiger partial charge in [0.05, 0.1) is 11.9 Å². The summed E-state index contributed by atoms with van der Waals surface area (Å²) in [7, 11) is -2.31. The lowest BCUT2D eigenvalue weighted by molar-refractivity contribution is -0.139. The largest absolute Gasteiger partial charge is 0.357 e. The minimum Gasteiger partial charge on any atom is -0.357 e. The number of carbonyl (C=O) groups excluding carboxylic acids is 2. The van der Waals surface area contributed by atoms with Gasteiger partial charge in [0.15, 0.2) is 0 Å². The van der Waals surface area contributed by atoms with Gasteiger partial charge in [-0.1, -0.05) is 47.0 Å². The molecule has 0 spiro atoms. The number of benzene rings is 2. The molecule has 0 fully saturated rings. The van der Waals surface area contributed by atoms with Crippen LogP contribution in [-0.4, -0.2) is 51.0 Å². The van der Waals surface area contributed by atoms with Crippen molar-refractivity contribution < 1.29 is 18.0 Å². The molecule has 0 aliphatic heterocycles. The Balaban J connectivity index is 2.43. The Morgan fingerprint density at radius 3 is 2.10 bits per heavy atom. The molecule has 2 aromatic rings. The van der Waals surface area contributed by atoms with Crippen LogP contribution in [0.25, 0.3) is 0 Å². The molecule has 0 heterocycles. The lowest BCUT2D eigenvalue weighted by atomic mass is 10.1. The van der Waals surface area contributed by atoms with Gasteiger partial charge in [0.1, 0.15) is 12.6 Å². The van der Waals surface area contributed by atoms with Crippen LogP contribution in [0.5, 0.6) is 0 Å². The third-order valence-electron chi connectivity index (χ3n) is 4.80. The molecule has 0 saturated heterocycles. The number of hydrogen-bond acceptors (Lipinski definition) is 4. The van der Waals surface area contributed by atoms with Crippen LogP contribution in [-0.2, 0) is 26.2 Å². The Kier molecular flexibility index (Phi) is 8.34. The Morgan fingerprint density at radius 1 is 1.06 bits per heavy atom. The topological polar surface area (TPSA) is 86.8 Å². The summed E-state index contributed by atoms with van der Waals surface area (Å²) in [6.07, 6.45) is 1.03. The summed E-state index contributed by atoms with van der Waals surface area (Å²) in [5, 5.41) is 3.19. The van der Waals surface area contributed by atoms with Crippen LogP contribution in [0.1, 0.15) is 18.1 Å². The molecule has 1 unspecified atom stereocenters. The van der Waals surface area contributed by atoms with E-state index in [2.05, 4.69) is 5.32 Å². The third kappa shape index (κ3) is 6.35. The number of sulfonamides is 1. The zero-order chi connectivity index (χ0) is 23.3. The number of carbonyl (C=O) groups is 2. The summed E-state index contributed by atoms with van der Waals surface area (Å²) in [5.74, 6) is -0.976. The molecule has 7 nitrogen and oxygen atoms in total. The molecule has 2 amide bonds. The average Bonchev–Trinajstić information content (AvgIpc) is 2.70. The molecule has 0 radical (unpaired) electrons. The minimum absolute atomic E-state index is 0.0581. The van der Waals surface area contributed by atoms with E-state index in [9.17, 15) is 18.0 Å². The highest BCUT2D eigenvalue weighted by atomic mass is 35.5. The average molecular weight is 486 g/mol. The maximum atomic E-state index is 13.3. The summed E-state index contributed by atoms with van der Waals surface area (Å²) < 4.78 is 25.9. The second-order valence-electron chi connectivity index (χ2n) is 7.12. The third-order valence-corrected chi connectivity index (χ3v) is 6.65. The van der Waals surface area contributed by atoms with Crippen LogP contribution in [0.2, 0.25) is 10.0 Å². The zero-order valence-electron chi connectivity index (χ0n) is 17.7. The first-order valence-corrected chi connectivity index (χ1v) is 12.0. The summed E-state index contributed by atoms with van der Waals surface area (Å²) in [6, 6.07) is 10.8. The highest BCUT2D eigenvalue weighted by Gasteiger charge is 2.30. The summed E-state index contributed by atoms with van der Waals surface area (Å²) >= 11 is 12.5. The van der Waals surface area contributed by atoms with Crippen LogP contribution in [0, 0.1) is 6.92 Å². The van der Waals surface area contributed by atoms with Gasteiger partial charge >= 0.3 is 0 Å². The van der Waals surface area contributed by atoms with Crippen LogP contribution >= 0.6 is 23.2 Å². The molecule has 0 saturated carbocycles. The van der Waals surface area contributed by atoms with E-state index in [1.54, 1.807) is 49.4 Å². The standard InChI is InChI=1S/C21H25Cl2N3O4S/c1-14-8-10-16(11-9-14)26(31(4,29)30)13-20(27)25(15(2)21(28)24-3)12-17-18(22)6-5-7-19(17)23/h5-11,15H,12-13H2,1-4H3,(H,24,28). The first kappa shape index (κ1) is 25.0. The van der Waals surface area contributed by atoms with Crippen molar-refractivity contribution in [1.29, 1.82) is 0 Å². The summed E-state index contributed by atoms with van der Waals surface area (Å²) in [5.41, 5.74) is 1.77. The molecule has 2 rings (SSSR count). The van der Waals surface area contributed by atoms with Gasteiger partial charge < -0.3 is 10.2 Å². The van der Waals surface area contributed by atoms with E-state index in [0.717, 1.165) is 16.1 Å². The van der Waals surface area contributed by atoms with E-state index in [0.29, 0.717) is 21.3 Å². The van der Waals surface area contributed by atoms with Gasteiger partial charge in [0.2, 0.25) is 21.8 Å². The number of amides is 2. The molecule has 0 aromatic heterocycles. The fraction of sp³-hybridized carbons (Fsp3) is 0.333. The first-order chi connectivity index (χ1) is 14.5. The van der Waals surface area contributed by atoms with Gasteiger partial charge in [0.25, 0.3) is 0 Å². The van der Waals surface area contributed by atoms with Crippen molar-refractivity contribution in [3.63, 3.8) is 0 Å². The minimum atomic E-state index is -3.77. The van der Waals surface area contributed by atoms with Gasteiger partial charge in [-0.25, -0.2) is 8.42 Å². The fourth-order valence-corrected chi connectivity index (χ4v) is 4.34. The van der Waals surface area contributed by atoms with Crippen molar-refractivity contribution >= 4 is 50.7 Å². The number of nitrogens with one attached hydrogen (secondary N) is 1. The molecular formula is C21H25Cl2N3O4S.